The van der Waals surface area contributed by atoms with Gasteiger partial charge in [0.1, 0.15) is 11.8 Å². The lowest BCUT2D eigenvalue weighted by Crippen LogP contribution is -2.47. The molecule has 4 heteroatoms. The van der Waals surface area contributed by atoms with E-state index in [0.29, 0.717) is 36.2 Å². The molecule has 2 aliphatic rings. The van der Waals surface area contributed by atoms with Crippen molar-refractivity contribution in [3.63, 3.8) is 0 Å². The van der Waals surface area contributed by atoms with E-state index in [4.69, 9.17) is 5.26 Å². The Labute approximate surface area is 100 Å². The average Bonchev–Trinajstić information content (AvgIpc) is 2.69. The number of aromatic nitrogens is 1. The maximum absolute atomic E-state index is 10.8. The number of pyridine rings is 1. The molecular formula is C13H15N3O. The van der Waals surface area contributed by atoms with Crippen LogP contribution in [0.15, 0.2) is 18.3 Å². The summed E-state index contributed by atoms with van der Waals surface area (Å²) in [6, 6.07) is 6.46. The van der Waals surface area contributed by atoms with Gasteiger partial charge in [-0.25, -0.2) is 4.98 Å². The summed E-state index contributed by atoms with van der Waals surface area (Å²) in [7, 11) is 0. The maximum atomic E-state index is 10.8. The molecule has 0 aromatic carbocycles. The molecule has 2 N–H and O–H groups in total. The number of aliphatic hydroxyl groups is 1. The van der Waals surface area contributed by atoms with Crippen LogP contribution in [0, 0.1) is 11.3 Å². The first-order valence-corrected chi connectivity index (χ1v) is 6.05. The molecule has 0 radical (unpaired) electrons. The van der Waals surface area contributed by atoms with Crippen LogP contribution in [0.1, 0.15) is 36.9 Å². The molecule has 2 saturated heterocycles. The molecule has 1 aromatic rings. The number of rotatable bonds is 1. The van der Waals surface area contributed by atoms with Crippen LogP contribution in [0.25, 0.3) is 0 Å². The van der Waals surface area contributed by atoms with Crippen molar-refractivity contribution in [2.45, 2.75) is 43.4 Å². The largest absolute Gasteiger partial charge is 0.385 e. The highest BCUT2D eigenvalue weighted by atomic mass is 16.3. The first-order chi connectivity index (χ1) is 8.21. The summed E-state index contributed by atoms with van der Waals surface area (Å²) in [5.41, 5.74) is 0.174. The third-order valence-corrected chi connectivity index (χ3v) is 3.92. The fourth-order valence-electron chi connectivity index (χ4n) is 3.21. The van der Waals surface area contributed by atoms with Crippen molar-refractivity contribution >= 4 is 0 Å². The van der Waals surface area contributed by atoms with E-state index in [9.17, 15) is 5.11 Å². The smallest absolute Gasteiger partial charge is 0.146 e. The summed E-state index contributed by atoms with van der Waals surface area (Å²) in [6.07, 6.45) is 5.21. The second-order valence-electron chi connectivity index (χ2n) is 5.09. The van der Waals surface area contributed by atoms with Gasteiger partial charge in [-0.1, -0.05) is 6.07 Å². The normalized spacial score (nSPS) is 35.5. The molecular weight excluding hydrogens is 214 g/mol. The van der Waals surface area contributed by atoms with Crippen LogP contribution in [0.4, 0.5) is 0 Å². The van der Waals surface area contributed by atoms with E-state index < -0.39 is 5.60 Å². The van der Waals surface area contributed by atoms with Crippen molar-refractivity contribution in [1.82, 2.24) is 10.3 Å². The van der Waals surface area contributed by atoms with Gasteiger partial charge in [-0.15, -0.1) is 0 Å². The zero-order valence-electron chi connectivity index (χ0n) is 9.56. The lowest BCUT2D eigenvalue weighted by atomic mass is 9.81. The number of fused-ring (bicyclic) bond motifs is 2. The van der Waals surface area contributed by atoms with Gasteiger partial charge in [0, 0.05) is 23.8 Å². The summed E-state index contributed by atoms with van der Waals surface area (Å²) >= 11 is 0. The van der Waals surface area contributed by atoms with E-state index in [1.54, 1.807) is 12.3 Å². The molecule has 2 aliphatic heterocycles. The quantitative estimate of drug-likeness (QED) is 0.755. The Morgan fingerprint density at radius 1 is 1.41 bits per heavy atom. The van der Waals surface area contributed by atoms with Crippen molar-refractivity contribution in [3.05, 3.63) is 29.6 Å². The van der Waals surface area contributed by atoms with Gasteiger partial charge in [0.25, 0.3) is 0 Å². The number of hydrogen-bond acceptors (Lipinski definition) is 4. The van der Waals surface area contributed by atoms with Gasteiger partial charge in [0.05, 0.1) is 5.60 Å². The highest BCUT2D eigenvalue weighted by molar-refractivity contribution is 5.36. The summed E-state index contributed by atoms with van der Waals surface area (Å²) in [4.78, 5) is 4.05. The molecule has 0 aliphatic carbocycles. The first-order valence-electron chi connectivity index (χ1n) is 6.05. The van der Waals surface area contributed by atoms with Crippen molar-refractivity contribution in [3.8, 4) is 6.07 Å². The highest BCUT2D eigenvalue weighted by Gasteiger charge is 2.44. The first kappa shape index (κ1) is 10.7. The lowest BCUT2D eigenvalue weighted by molar-refractivity contribution is -0.0119. The Kier molecular flexibility index (Phi) is 2.39. The molecule has 4 nitrogen and oxygen atoms in total. The minimum atomic E-state index is -0.879. The molecule has 2 bridgehead atoms. The fraction of sp³-hybridized carbons (Fsp3) is 0.538. The third-order valence-electron chi connectivity index (χ3n) is 3.92. The highest BCUT2D eigenvalue weighted by Crippen LogP contribution is 2.41. The van der Waals surface area contributed by atoms with Gasteiger partial charge in [-0.2, -0.15) is 5.26 Å². The van der Waals surface area contributed by atoms with Crippen LogP contribution in [-0.2, 0) is 5.60 Å². The predicted molar refractivity (Wildman–Crippen MR) is 62.0 cm³/mol. The van der Waals surface area contributed by atoms with Gasteiger partial charge in [0.2, 0.25) is 0 Å². The van der Waals surface area contributed by atoms with Crippen LogP contribution >= 0.6 is 0 Å². The number of piperidine rings is 1. The Morgan fingerprint density at radius 3 is 2.76 bits per heavy atom. The minimum Gasteiger partial charge on any atom is -0.385 e. The molecule has 1 aromatic heterocycles. The summed E-state index contributed by atoms with van der Waals surface area (Å²) in [5, 5.41) is 23.4. The van der Waals surface area contributed by atoms with Gasteiger partial charge in [-0.3, -0.25) is 0 Å². The second-order valence-corrected chi connectivity index (χ2v) is 5.09. The fourth-order valence-corrected chi connectivity index (χ4v) is 3.21. The average molecular weight is 229 g/mol. The molecule has 2 atom stereocenters. The van der Waals surface area contributed by atoms with Crippen molar-refractivity contribution in [2.24, 2.45) is 0 Å². The molecule has 88 valence electrons. The summed E-state index contributed by atoms with van der Waals surface area (Å²) in [5.74, 6) is 0. The summed E-state index contributed by atoms with van der Waals surface area (Å²) in [6.45, 7) is 0. The Morgan fingerprint density at radius 2 is 2.12 bits per heavy atom. The molecule has 0 amide bonds. The Balaban J connectivity index is 2.00. The van der Waals surface area contributed by atoms with Crippen molar-refractivity contribution in [2.75, 3.05) is 0 Å². The SMILES string of the molecule is N#Cc1ncccc1C1(O)CC2CCC(C1)N2. The second kappa shape index (κ2) is 3.80. The van der Waals surface area contributed by atoms with E-state index in [0.717, 1.165) is 12.8 Å². The zero-order chi connectivity index (χ0) is 11.9. The molecule has 3 heterocycles. The van der Waals surface area contributed by atoms with Gasteiger partial charge in [0.15, 0.2) is 0 Å². The van der Waals surface area contributed by atoms with Gasteiger partial charge in [-0.05, 0) is 31.7 Å². The molecule has 17 heavy (non-hydrogen) atoms. The van der Waals surface area contributed by atoms with E-state index >= 15 is 0 Å². The number of nitrogens with zero attached hydrogens (tertiary/aromatic N) is 2. The molecule has 2 fully saturated rings. The molecule has 0 spiro atoms. The van der Waals surface area contributed by atoms with Crippen LogP contribution in [0.5, 0.6) is 0 Å². The van der Waals surface area contributed by atoms with Gasteiger partial charge >= 0.3 is 0 Å². The third kappa shape index (κ3) is 1.72. The lowest BCUT2D eigenvalue weighted by Gasteiger charge is -2.37. The summed E-state index contributed by atoms with van der Waals surface area (Å²) < 4.78 is 0. The minimum absolute atomic E-state index is 0.358. The molecule has 2 unspecified atom stereocenters. The molecule has 0 saturated carbocycles. The van der Waals surface area contributed by atoms with Crippen molar-refractivity contribution < 1.29 is 5.11 Å². The Hall–Kier alpha value is -1.44. The van der Waals surface area contributed by atoms with Crippen LogP contribution in [-0.4, -0.2) is 22.2 Å². The van der Waals surface area contributed by atoms with Crippen LogP contribution in [0.3, 0.4) is 0 Å². The van der Waals surface area contributed by atoms with E-state index in [-0.39, 0.29) is 0 Å². The number of nitrogens with one attached hydrogen (secondary N) is 1. The molecule has 3 rings (SSSR count). The standard InChI is InChI=1S/C13H15N3O/c14-8-12-11(2-1-5-15-12)13(17)6-9-3-4-10(7-13)16-9/h1-2,5,9-10,16-17H,3-4,6-7H2. The monoisotopic (exact) mass is 229 g/mol. The number of nitriles is 1. The van der Waals surface area contributed by atoms with E-state index in [1.165, 1.54) is 0 Å². The van der Waals surface area contributed by atoms with E-state index in [2.05, 4.69) is 16.4 Å². The van der Waals surface area contributed by atoms with Crippen molar-refractivity contribution in [1.29, 1.82) is 5.26 Å². The van der Waals surface area contributed by atoms with Crippen LogP contribution in [0.2, 0.25) is 0 Å². The maximum Gasteiger partial charge on any atom is 0.146 e. The van der Waals surface area contributed by atoms with Crippen LogP contribution < -0.4 is 5.32 Å². The Bertz CT molecular complexity index is 468. The topological polar surface area (TPSA) is 68.9 Å². The van der Waals surface area contributed by atoms with E-state index in [1.807, 2.05) is 6.07 Å². The number of hydrogen-bond donors (Lipinski definition) is 2. The van der Waals surface area contributed by atoms with Gasteiger partial charge < -0.3 is 10.4 Å². The zero-order valence-corrected chi connectivity index (χ0v) is 9.56. The predicted octanol–water partition coefficient (Wildman–Crippen LogP) is 1.06.